The van der Waals surface area contributed by atoms with Crippen molar-refractivity contribution in [1.29, 1.82) is 0 Å². The summed E-state index contributed by atoms with van der Waals surface area (Å²) in [4.78, 5) is 0. The van der Waals surface area contributed by atoms with Crippen LogP contribution in [0.5, 0.6) is 0 Å². The normalized spacial score (nSPS) is 12.5. The molecule has 9 rings (SSSR count). The van der Waals surface area contributed by atoms with Crippen LogP contribution in [0.2, 0.25) is 0 Å². The zero-order chi connectivity index (χ0) is 28.3. The van der Waals surface area contributed by atoms with Crippen LogP contribution in [0.15, 0.2) is 150 Å². The molecular formula is C42H28O. The standard InChI is InChI=1S/C42H28O/c1-2-12-27(13-3-1)29-15-10-16-30(26-29)39-32-18-6-8-20-34(32)40(35-21-9-7-19-33(35)39)36-22-11-23-38-41(36)37-25-24-28-14-4-5-17-31(28)42(37)43-38/h1-23,26H,24-25H2. The highest BCUT2D eigenvalue weighted by Crippen LogP contribution is 2.49. The summed E-state index contributed by atoms with van der Waals surface area (Å²) < 4.78 is 6.65. The first kappa shape index (κ1) is 24.2. The summed E-state index contributed by atoms with van der Waals surface area (Å²) in [5, 5.41) is 6.31. The molecule has 7 aromatic carbocycles. The van der Waals surface area contributed by atoms with Gasteiger partial charge in [-0.25, -0.2) is 0 Å². The van der Waals surface area contributed by atoms with Crippen molar-refractivity contribution in [1.82, 2.24) is 0 Å². The summed E-state index contributed by atoms with van der Waals surface area (Å²) in [6.07, 6.45) is 2.01. The number of benzene rings is 7. The van der Waals surface area contributed by atoms with Crippen LogP contribution in [-0.2, 0) is 12.8 Å². The molecule has 0 atom stereocenters. The Balaban J connectivity index is 1.36. The Kier molecular flexibility index (Phi) is 5.39. The van der Waals surface area contributed by atoms with E-state index in [1.54, 1.807) is 0 Å². The van der Waals surface area contributed by atoms with Gasteiger partial charge in [0.05, 0.1) is 0 Å². The van der Waals surface area contributed by atoms with Gasteiger partial charge in [0.1, 0.15) is 11.3 Å². The summed E-state index contributed by atoms with van der Waals surface area (Å²) in [5.74, 6) is 1.03. The summed E-state index contributed by atoms with van der Waals surface area (Å²) in [7, 11) is 0. The van der Waals surface area contributed by atoms with Crippen molar-refractivity contribution in [2.75, 3.05) is 0 Å². The van der Waals surface area contributed by atoms with Crippen LogP contribution in [0.1, 0.15) is 11.1 Å². The molecular weight excluding hydrogens is 520 g/mol. The molecule has 1 aliphatic carbocycles. The number of hydrogen-bond donors (Lipinski definition) is 0. The maximum absolute atomic E-state index is 6.65. The first-order chi connectivity index (χ1) is 21.3. The van der Waals surface area contributed by atoms with E-state index in [-0.39, 0.29) is 0 Å². The second-order valence-corrected chi connectivity index (χ2v) is 11.5. The van der Waals surface area contributed by atoms with Crippen molar-refractivity contribution in [3.8, 4) is 44.7 Å². The van der Waals surface area contributed by atoms with E-state index in [0.717, 1.165) is 24.2 Å². The van der Waals surface area contributed by atoms with Crippen LogP contribution in [0.3, 0.4) is 0 Å². The fourth-order valence-corrected chi connectivity index (χ4v) is 7.31. The third kappa shape index (κ3) is 3.72. The molecule has 8 aromatic rings. The zero-order valence-electron chi connectivity index (χ0n) is 23.7. The highest BCUT2D eigenvalue weighted by Gasteiger charge is 2.26. The highest BCUT2D eigenvalue weighted by atomic mass is 16.3. The predicted molar refractivity (Wildman–Crippen MR) is 180 cm³/mol. The molecule has 1 heterocycles. The molecule has 202 valence electrons. The molecule has 0 saturated heterocycles. The van der Waals surface area contributed by atoms with Gasteiger partial charge >= 0.3 is 0 Å². The van der Waals surface area contributed by atoms with Crippen LogP contribution in [-0.4, -0.2) is 0 Å². The Morgan fingerprint density at radius 3 is 1.77 bits per heavy atom. The van der Waals surface area contributed by atoms with Gasteiger partial charge in [0.15, 0.2) is 0 Å². The van der Waals surface area contributed by atoms with Gasteiger partial charge in [0.25, 0.3) is 0 Å². The van der Waals surface area contributed by atoms with E-state index in [1.807, 2.05) is 0 Å². The summed E-state index contributed by atoms with van der Waals surface area (Å²) in [5.41, 5.74) is 12.4. The molecule has 1 aromatic heterocycles. The lowest BCUT2D eigenvalue weighted by Gasteiger charge is -2.19. The topological polar surface area (TPSA) is 13.1 Å². The average Bonchev–Trinajstić information content (AvgIpc) is 3.47. The predicted octanol–water partition coefficient (Wildman–Crippen LogP) is 11.5. The molecule has 0 saturated carbocycles. The highest BCUT2D eigenvalue weighted by molar-refractivity contribution is 6.23. The molecule has 1 aliphatic rings. The van der Waals surface area contributed by atoms with Crippen molar-refractivity contribution in [2.45, 2.75) is 12.8 Å². The molecule has 0 bridgehead atoms. The maximum atomic E-state index is 6.65. The number of hydrogen-bond acceptors (Lipinski definition) is 1. The first-order valence-corrected chi connectivity index (χ1v) is 15.1. The first-order valence-electron chi connectivity index (χ1n) is 15.1. The Morgan fingerprint density at radius 2 is 1.00 bits per heavy atom. The lowest BCUT2D eigenvalue weighted by atomic mass is 9.83. The summed E-state index contributed by atoms with van der Waals surface area (Å²) in [6.45, 7) is 0. The molecule has 0 N–H and O–H groups in total. The van der Waals surface area contributed by atoms with Crippen molar-refractivity contribution >= 4 is 32.5 Å². The van der Waals surface area contributed by atoms with E-state index in [4.69, 9.17) is 4.42 Å². The molecule has 0 unspecified atom stereocenters. The molecule has 1 nitrogen and oxygen atoms in total. The minimum absolute atomic E-state index is 0.965. The molecule has 1 heteroatoms. The van der Waals surface area contributed by atoms with Gasteiger partial charge in [-0.3, -0.25) is 0 Å². The average molecular weight is 549 g/mol. The third-order valence-corrected chi connectivity index (χ3v) is 9.18. The Hall–Kier alpha value is -5.40. The van der Waals surface area contributed by atoms with E-state index >= 15 is 0 Å². The summed E-state index contributed by atoms with van der Waals surface area (Å²) in [6, 6.07) is 52.8. The monoisotopic (exact) mass is 548 g/mol. The maximum Gasteiger partial charge on any atom is 0.138 e. The molecule has 0 fully saturated rings. The zero-order valence-corrected chi connectivity index (χ0v) is 23.7. The second-order valence-electron chi connectivity index (χ2n) is 11.5. The van der Waals surface area contributed by atoms with Crippen LogP contribution in [0, 0.1) is 0 Å². The fraction of sp³-hybridized carbons (Fsp3) is 0.0476. The number of rotatable bonds is 3. The van der Waals surface area contributed by atoms with E-state index in [2.05, 4.69) is 146 Å². The van der Waals surface area contributed by atoms with E-state index in [0.29, 0.717) is 0 Å². The Bertz CT molecular complexity index is 2280. The van der Waals surface area contributed by atoms with Crippen LogP contribution < -0.4 is 0 Å². The number of furan rings is 1. The number of fused-ring (bicyclic) bond motifs is 7. The van der Waals surface area contributed by atoms with Gasteiger partial charge in [0, 0.05) is 16.5 Å². The van der Waals surface area contributed by atoms with Crippen molar-refractivity contribution < 1.29 is 4.42 Å². The van der Waals surface area contributed by atoms with Crippen molar-refractivity contribution in [2.24, 2.45) is 0 Å². The fourth-order valence-electron chi connectivity index (χ4n) is 7.31. The van der Waals surface area contributed by atoms with Gasteiger partial charge in [-0.05, 0) is 85.5 Å². The van der Waals surface area contributed by atoms with Gasteiger partial charge in [-0.15, -0.1) is 0 Å². The largest absolute Gasteiger partial charge is 0.456 e. The second kappa shape index (κ2) is 9.58. The minimum Gasteiger partial charge on any atom is -0.456 e. The Morgan fingerprint density at radius 1 is 0.419 bits per heavy atom. The molecule has 0 amide bonds. The lowest BCUT2D eigenvalue weighted by Crippen LogP contribution is -2.01. The van der Waals surface area contributed by atoms with Crippen LogP contribution in [0.25, 0.3) is 77.2 Å². The van der Waals surface area contributed by atoms with Gasteiger partial charge in [0.2, 0.25) is 0 Å². The third-order valence-electron chi connectivity index (χ3n) is 9.18. The smallest absolute Gasteiger partial charge is 0.138 e. The van der Waals surface area contributed by atoms with E-state index in [9.17, 15) is 0 Å². The van der Waals surface area contributed by atoms with Crippen molar-refractivity contribution in [3.63, 3.8) is 0 Å². The minimum atomic E-state index is 0.965. The lowest BCUT2D eigenvalue weighted by molar-refractivity contribution is 0.621. The SMILES string of the molecule is c1ccc(-c2cccc(-c3c4ccccc4c(-c4cccc5oc6c(c45)CCc4ccccc4-6)c4ccccc34)c2)cc1. The quantitative estimate of drug-likeness (QED) is 0.200. The van der Waals surface area contributed by atoms with Crippen molar-refractivity contribution in [3.05, 3.63) is 157 Å². The Labute approximate surface area is 250 Å². The molecule has 43 heavy (non-hydrogen) atoms. The van der Waals surface area contributed by atoms with Crippen LogP contribution >= 0.6 is 0 Å². The van der Waals surface area contributed by atoms with Gasteiger partial charge in [-0.1, -0.05) is 133 Å². The van der Waals surface area contributed by atoms with Gasteiger partial charge in [-0.2, -0.15) is 0 Å². The van der Waals surface area contributed by atoms with E-state index < -0.39 is 0 Å². The van der Waals surface area contributed by atoms with Gasteiger partial charge < -0.3 is 4.42 Å². The molecule has 0 radical (unpaired) electrons. The molecule has 0 spiro atoms. The number of aryl methyl sites for hydroxylation is 2. The van der Waals surface area contributed by atoms with Crippen LogP contribution in [0.4, 0.5) is 0 Å². The molecule has 0 aliphatic heterocycles. The summed E-state index contributed by atoms with van der Waals surface area (Å²) >= 11 is 0. The van der Waals surface area contributed by atoms with E-state index in [1.165, 1.54) is 77.0 Å².